The summed E-state index contributed by atoms with van der Waals surface area (Å²) in [4.78, 5) is 18.7. The Labute approximate surface area is 147 Å². The summed E-state index contributed by atoms with van der Waals surface area (Å²) in [6.45, 7) is 2.03. The maximum Gasteiger partial charge on any atom is 0.263 e. The molecule has 3 heterocycles. The van der Waals surface area contributed by atoms with Crippen LogP contribution in [0.2, 0.25) is 0 Å². The number of piperidine rings is 1. The third-order valence-electron chi connectivity index (χ3n) is 4.88. The highest BCUT2D eigenvalue weighted by Crippen LogP contribution is 2.29. The molecule has 1 atom stereocenters. The number of aromatic nitrogens is 1. The van der Waals surface area contributed by atoms with E-state index in [0.717, 1.165) is 42.8 Å². The minimum atomic E-state index is -0.370. The first kappa shape index (κ1) is 16.1. The van der Waals surface area contributed by atoms with Gasteiger partial charge in [0.2, 0.25) is 0 Å². The lowest BCUT2D eigenvalue weighted by atomic mass is 10.1. The van der Waals surface area contributed by atoms with Crippen LogP contribution in [0.25, 0.3) is 0 Å². The number of likely N-dealkylation sites (tertiary alicyclic amines) is 1. The van der Waals surface area contributed by atoms with Crippen molar-refractivity contribution in [3.05, 3.63) is 59.9 Å². The molecule has 1 amide bonds. The van der Waals surface area contributed by atoms with Crippen molar-refractivity contribution in [2.45, 2.75) is 38.1 Å². The molecule has 4 rings (SSSR count). The summed E-state index contributed by atoms with van der Waals surface area (Å²) in [5.74, 6) is 0.942. The third kappa shape index (κ3) is 3.66. The van der Waals surface area contributed by atoms with E-state index >= 15 is 0 Å². The average molecular weight is 338 g/mol. The number of amides is 1. The van der Waals surface area contributed by atoms with E-state index in [9.17, 15) is 4.79 Å². The second-order valence-electron chi connectivity index (χ2n) is 6.62. The number of nitrogens with zero attached hydrogens (tertiary/aromatic N) is 2. The fraction of sp³-hybridized carbons (Fsp3) is 0.400. The standard InChI is InChI=1S/C20H22N2O3/c23-20(19-12-16-5-1-2-6-18(16)25-19)22-10-7-17(8-11-22)24-14-15-4-3-9-21-13-15/h1-6,9,13,17,19H,7-8,10-12,14H2/t19-/m0/s1. The first-order valence-electron chi connectivity index (χ1n) is 8.83. The van der Waals surface area contributed by atoms with Crippen molar-refractivity contribution in [2.24, 2.45) is 0 Å². The van der Waals surface area contributed by atoms with Gasteiger partial charge < -0.3 is 14.4 Å². The van der Waals surface area contributed by atoms with Crippen LogP contribution in [-0.4, -0.2) is 41.1 Å². The molecule has 1 aromatic heterocycles. The van der Waals surface area contributed by atoms with Crippen LogP contribution in [0.5, 0.6) is 5.75 Å². The maximum absolute atomic E-state index is 12.7. The summed E-state index contributed by atoms with van der Waals surface area (Å²) in [5, 5.41) is 0. The molecule has 5 nitrogen and oxygen atoms in total. The number of hydrogen-bond donors (Lipinski definition) is 0. The normalized spacial score (nSPS) is 20.2. The molecule has 0 unspecified atom stereocenters. The quantitative estimate of drug-likeness (QED) is 0.860. The van der Waals surface area contributed by atoms with Gasteiger partial charge in [0.25, 0.3) is 5.91 Å². The molecule has 2 aliphatic heterocycles. The van der Waals surface area contributed by atoms with Gasteiger partial charge in [0.05, 0.1) is 12.7 Å². The third-order valence-corrected chi connectivity index (χ3v) is 4.88. The molecular weight excluding hydrogens is 316 g/mol. The van der Waals surface area contributed by atoms with Crippen molar-refractivity contribution < 1.29 is 14.3 Å². The number of carbonyl (C=O) groups excluding carboxylic acids is 1. The van der Waals surface area contributed by atoms with E-state index in [0.29, 0.717) is 13.0 Å². The Bertz CT molecular complexity index is 702. The van der Waals surface area contributed by atoms with Gasteiger partial charge in [-0.2, -0.15) is 0 Å². The van der Waals surface area contributed by atoms with E-state index in [2.05, 4.69) is 4.98 Å². The molecule has 1 aromatic carbocycles. The Morgan fingerprint density at radius 1 is 1.20 bits per heavy atom. The van der Waals surface area contributed by atoms with Gasteiger partial charge in [-0.15, -0.1) is 0 Å². The number of fused-ring (bicyclic) bond motifs is 1. The monoisotopic (exact) mass is 338 g/mol. The summed E-state index contributed by atoms with van der Waals surface area (Å²) in [6, 6.07) is 11.8. The predicted octanol–water partition coefficient (Wildman–Crippen LogP) is 2.59. The van der Waals surface area contributed by atoms with Crippen molar-refractivity contribution in [3.63, 3.8) is 0 Å². The number of para-hydroxylation sites is 1. The molecule has 0 saturated carbocycles. The fourth-order valence-corrected chi connectivity index (χ4v) is 3.46. The SMILES string of the molecule is O=C([C@@H]1Cc2ccccc2O1)N1CCC(OCc2cccnc2)CC1. The lowest BCUT2D eigenvalue weighted by Crippen LogP contribution is -2.46. The molecule has 0 N–H and O–H groups in total. The van der Waals surface area contributed by atoms with E-state index in [1.807, 2.05) is 47.5 Å². The number of benzene rings is 1. The Hall–Kier alpha value is -2.40. The van der Waals surface area contributed by atoms with E-state index < -0.39 is 0 Å². The highest BCUT2D eigenvalue weighted by molar-refractivity contribution is 5.82. The van der Waals surface area contributed by atoms with Crippen LogP contribution < -0.4 is 4.74 Å². The van der Waals surface area contributed by atoms with Crippen molar-refractivity contribution in [2.75, 3.05) is 13.1 Å². The van der Waals surface area contributed by atoms with Crippen LogP contribution in [0.4, 0.5) is 0 Å². The number of rotatable bonds is 4. The maximum atomic E-state index is 12.7. The van der Waals surface area contributed by atoms with Gasteiger partial charge in [0, 0.05) is 31.9 Å². The summed E-state index contributed by atoms with van der Waals surface area (Å²) in [5.41, 5.74) is 2.20. The highest BCUT2D eigenvalue weighted by Gasteiger charge is 2.34. The van der Waals surface area contributed by atoms with Crippen molar-refractivity contribution in [3.8, 4) is 5.75 Å². The summed E-state index contributed by atoms with van der Waals surface area (Å²) in [7, 11) is 0. The second kappa shape index (κ2) is 7.23. The molecule has 0 aliphatic carbocycles. The van der Waals surface area contributed by atoms with Gasteiger partial charge in [-0.25, -0.2) is 0 Å². The zero-order valence-electron chi connectivity index (χ0n) is 14.1. The van der Waals surface area contributed by atoms with Crippen LogP contribution in [0, 0.1) is 0 Å². The molecule has 0 spiro atoms. The van der Waals surface area contributed by atoms with Gasteiger partial charge in [0.15, 0.2) is 6.10 Å². The van der Waals surface area contributed by atoms with Gasteiger partial charge in [0.1, 0.15) is 5.75 Å². The summed E-state index contributed by atoms with van der Waals surface area (Å²) in [6.07, 6.45) is 5.82. The lowest BCUT2D eigenvalue weighted by Gasteiger charge is -2.33. The van der Waals surface area contributed by atoms with Crippen molar-refractivity contribution >= 4 is 5.91 Å². The van der Waals surface area contributed by atoms with Crippen LogP contribution >= 0.6 is 0 Å². The molecule has 2 aromatic rings. The fourth-order valence-electron chi connectivity index (χ4n) is 3.46. The van der Waals surface area contributed by atoms with Crippen LogP contribution in [0.15, 0.2) is 48.8 Å². The second-order valence-corrected chi connectivity index (χ2v) is 6.62. The zero-order valence-corrected chi connectivity index (χ0v) is 14.1. The predicted molar refractivity (Wildman–Crippen MR) is 93.2 cm³/mol. The Balaban J connectivity index is 1.25. The van der Waals surface area contributed by atoms with E-state index in [1.54, 1.807) is 6.20 Å². The number of ether oxygens (including phenoxy) is 2. The van der Waals surface area contributed by atoms with Crippen LogP contribution in [0.1, 0.15) is 24.0 Å². The zero-order chi connectivity index (χ0) is 17.1. The van der Waals surface area contributed by atoms with Gasteiger partial charge >= 0.3 is 0 Å². The number of carbonyl (C=O) groups is 1. The van der Waals surface area contributed by atoms with E-state index in [-0.39, 0.29) is 18.1 Å². The first-order chi connectivity index (χ1) is 12.3. The smallest absolute Gasteiger partial charge is 0.263 e. The largest absolute Gasteiger partial charge is 0.480 e. The van der Waals surface area contributed by atoms with Gasteiger partial charge in [-0.3, -0.25) is 9.78 Å². The average Bonchev–Trinajstić information content (AvgIpc) is 3.11. The van der Waals surface area contributed by atoms with Gasteiger partial charge in [-0.1, -0.05) is 24.3 Å². The van der Waals surface area contributed by atoms with Crippen LogP contribution in [-0.2, 0) is 22.6 Å². The lowest BCUT2D eigenvalue weighted by molar-refractivity contribution is -0.140. The van der Waals surface area contributed by atoms with E-state index in [1.165, 1.54) is 0 Å². The number of pyridine rings is 1. The summed E-state index contributed by atoms with van der Waals surface area (Å²) < 4.78 is 11.8. The minimum absolute atomic E-state index is 0.0990. The Morgan fingerprint density at radius 2 is 2.04 bits per heavy atom. The molecule has 0 bridgehead atoms. The number of hydrogen-bond acceptors (Lipinski definition) is 4. The Morgan fingerprint density at radius 3 is 2.80 bits per heavy atom. The Kier molecular flexibility index (Phi) is 4.65. The topological polar surface area (TPSA) is 51.7 Å². The highest BCUT2D eigenvalue weighted by atomic mass is 16.5. The molecule has 2 aliphatic rings. The first-order valence-corrected chi connectivity index (χ1v) is 8.83. The van der Waals surface area contributed by atoms with E-state index in [4.69, 9.17) is 9.47 Å². The molecule has 0 radical (unpaired) electrons. The molecule has 130 valence electrons. The van der Waals surface area contributed by atoms with Gasteiger partial charge in [-0.05, 0) is 36.1 Å². The molecule has 5 heteroatoms. The van der Waals surface area contributed by atoms with Crippen LogP contribution in [0.3, 0.4) is 0 Å². The molecular formula is C20H22N2O3. The molecule has 25 heavy (non-hydrogen) atoms. The molecule has 1 fully saturated rings. The minimum Gasteiger partial charge on any atom is -0.480 e. The van der Waals surface area contributed by atoms with Crippen molar-refractivity contribution in [1.82, 2.24) is 9.88 Å². The van der Waals surface area contributed by atoms with Crippen molar-refractivity contribution in [1.29, 1.82) is 0 Å². The summed E-state index contributed by atoms with van der Waals surface area (Å²) >= 11 is 0. The molecule has 1 saturated heterocycles.